The standard InChI is InChI=1S/C15H22N2O4/c1-16(9-8-14(18)19)10-11-17(2)15(20)21-12-13-6-4-3-5-7-13/h3-7H,8-12H2,1-2H3,(H,18,19). The van der Waals surface area contributed by atoms with Crippen LogP contribution in [0.2, 0.25) is 0 Å². The topological polar surface area (TPSA) is 70.1 Å². The highest BCUT2D eigenvalue weighted by molar-refractivity contribution is 5.67. The van der Waals surface area contributed by atoms with Crippen molar-refractivity contribution in [1.29, 1.82) is 0 Å². The summed E-state index contributed by atoms with van der Waals surface area (Å²) in [6.07, 6.45) is -0.288. The van der Waals surface area contributed by atoms with E-state index in [-0.39, 0.29) is 19.1 Å². The first-order chi connectivity index (χ1) is 9.99. The second-order valence-corrected chi connectivity index (χ2v) is 4.91. The maximum absolute atomic E-state index is 11.8. The van der Waals surface area contributed by atoms with Gasteiger partial charge < -0.3 is 19.6 Å². The first-order valence-electron chi connectivity index (χ1n) is 6.81. The molecule has 6 nitrogen and oxygen atoms in total. The summed E-state index contributed by atoms with van der Waals surface area (Å²) in [5.74, 6) is -0.822. The van der Waals surface area contributed by atoms with E-state index in [1.165, 1.54) is 4.90 Å². The fraction of sp³-hybridized carbons (Fsp3) is 0.467. The van der Waals surface area contributed by atoms with E-state index in [0.29, 0.717) is 19.6 Å². The third-order valence-corrected chi connectivity index (χ3v) is 3.04. The van der Waals surface area contributed by atoms with Gasteiger partial charge in [0.1, 0.15) is 6.61 Å². The van der Waals surface area contributed by atoms with Crippen LogP contribution in [-0.2, 0) is 16.1 Å². The van der Waals surface area contributed by atoms with Crippen LogP contribution < -0.4 is 0 Å². The van der Waals surface area contributed by atoms with Crippen molar-refractivity contribution in [2.45, 2.75) is 13.0 Å². The average molecular weight is 294 g/mol. The van der Waals surface area contributed by atoms with Gasteiger partial charge in [0.2, 0.25) is 0 Å². The van der Waals surface area contributed by atoms with E-state index in [1.807, 2.05) is 42.3 Å². The molecule has 0 heterocycles. The first-order valence-corrected chi connectivity index (χ1v) is 6.81. The highest BCUT2D eigenvalue weighted by Gasteiger charge is 2.11. The van der Waals surface area contributed by atoms with Gasteiger partial charge in [-0.15, -0.1) is 0 Å². The van der Waals surface area contributed by atoms with Crippen molar-refractivity contribution in [2.24, 2.45) is 0 Å². The highest BCUT2D eigenvalue weighted by Crippen LogP contribution is 2.02. The maximum atomic E-state index is 11.8. The third-order valence-electron chi connectivity index (χ3n) is 3.04. The van der Waals surface area contributed by atoms with Crippen molar-refractivity contribution in [3.8, 4) is 0 Å². The largest absolute Gasteiger partial charge is 0.481 e. The number of likely N-dealkylation sites (N-methyl/N-ethyl adjacent to an activating group) is 2. The molecule has 21 heavy (non-hydrogen) atoms. The maximum Gasteiger partial charge on any atom is 0.409 e. The SMILES string of the molecule is CN(CCC(=O)O)CCN(C)C(=O)OCc1ccccc1. The molecule has 1 amide bonds. The molecule has 0 saturated heterocycles. The van der Waals surface area contributed by atoms with Gasteiger partial charge in [-0.3, -0.25) is 4.79 Å². The van der Waals surface area contributed by atoms with Gasteiger partial charge in [0, 0.05) is 26.7 Å². The molecule has 0 aliphatic carbocycles. The van der Waals surface area contributed by atoms with Crippen LogP contribution in [0.15, 0.2) is 30.3 Å². The molecule has 0 aliphatic rings. The smallest absolute Gasteiger partial charge is 0.409 e. The molecule has 0 radical (unpaired) electrons. The number of nitrogens with zero attached hydrogens (tertiary/aromatic N) is 2. The van der Waals surface area contributed by atoms with Crippen LogP contribution in [0, 0.1) is 0 Å². The number of carboxylic acid groups (broad SMARTS) is 1. The molecule has 0 fully saturated rings. The Kier molecular flexibility index (Phi) is 7.25. The van der Waals surface area contributed by atoms with E-state index >= 15 is 0 Å². The third kappa shape index (κ3) is 7.31. The zero-order valence-electron chi connectivity index (χ0n) is 12.5. The summed E-state index contributed by atoms with van der Waals surface area (Å²) in [4.78, 5) is 25.6. The lowest BCUT2D eigenvalue weighted by Gasteiger charge is -2.21. The van der Waals surface area contributed by atoms with Crippen LogP contribution in [0.5, 0.6) is 0 Å². The van der Waals surface area contributed by atoms with Crippen LogP contribution >= 0.6 is 0 Å². The predicted molar refractivity (Wildman–Crippen MR) is 79.0 cm³/mol. The molecule has 1 aromatic carbocycles. The van der Waals surface area contributed by atoms with Crippen LogP contribution in [0.1, 0.15) is 12.0 Å². The Labute approximate surface area is 124 Å². The summed E-state index contributed by atoms with van der Waals surface area (Å²) in [6.45, 7) is 1.80. The summed E-state index contributed by atoms with van der Waals surface area (Å²) >= 11 is 0. The van der Waals surface area contributed by atoms with Gasteiger partial charge >= 0.3 is 12.1 Å². The molecule has 1 N–H and O–H groups in total. The molecule has 116 valence electrons. The fourth-order valence-corrected chi connectivity index (χ4v) is 1.64. The first kappa shape index (κ1) is 17.0. The second-order valence-electron chi connectivity index (χ2n) is 4.91. The number of carbonyl (C=O) groups excluding carboxylic acids is 1. The number of amides is 1. The molecule has 0 spiro atoms. The number of aliphatic carboxylic acids is 1. The normalized spacial score (nSPS) is 10.4. The zero-order chi connectivity index (χ0) is 15.7. The van der Waals surface area contributed by atoms with E-state index in [2.05, 4.69) is 0 Å². The lowest BCUT2D eigenvalue weighted by atomic mass is 10.2. The van der Waals surface area contributed by atoms with Gasteiger partial charge in [0.15, 0.2) is 0 Å². The Bertz CT molecular complexity index is 450. The fourth-order valence-electron chi connectivity index (χ4n) is 1.64. The molecule has 6 heteroatoms. The second kappa shape index (κ2) is 8.97. The number of carbonyl (C=O) groups is 2. The Morgan fingerprint density at radius 2 is 1.76 bits per heavy atom. The van der Waals surface area contributed by atoms with Crippen LogP contribution in [-0.4, -0.2) is 60.7 Å². The summed E-state index contributed by atoms with van der Waals surface area (Å²) in [6, 6.07) is 9.49. The Balaban J connectivity index is 2.23. The lowest BCUT2D eigenvalue weighted by molar-refractivity contribution is -0.137. The van der Waals surface area contributed by atoms with E-state index in [4.69, 9.17) is 9.84 Å². The van der Waals surface area contributed by atoms with Crippen molar-refractivity contribution in [3.05, 3.63) is 35.9 Å². The van der Waals surface area contributed by atoms with Gasteiger partial charge in [-0.05, 0) is 12.6 Å². The van der Waals surface area contributed by atoms with Gasteiger partial charge in [-0.2, -0.15) is 0 Å². The Morgan fingerprint density at radius 1 is 1.10 bits per heavy atom. The van der Waals surface area contributed by atoms with Crippen molar-refractivity contribution in [1.82, 2.24) is 9.80 Å². The molecule has 0 saturated carbocycles. The molecule has 0 aromatic heterocycles. The van der Waals surface area contributed by atoms with Crippen molar-refractivity contribution in [3.63, 3.8) is 0 Å². The van der Waals surface area contributed by atoms with E-state index in [0.717, 1.165) is 5.56 Å². The van der Waals surface area contributed by atoms with Gasteiger partial charge in [0.05, 0.1) is 6.42 Å². The number of carboxylic acids is 1. The lowest BCUT2D eigenvalue weighted by Crippen LogP contribution is -2.35. The molecule has 0 bridgehead atoms. The summed E-state index contributed by atoms with van der Waals surface area (Å²) < 4.78 is 5.19. The van der Waals surface area contributed by atoms with Gasteiger partial charge in [-0.1, -0.05) is 30.3 Å². The molecule has 0 aliphatic heterocycles. The quantitative estimate of drug-likeness (QED) is 0.789. The van der Waals surface area contributed by atoms with Gasteiger partial charge in [-0.25, -0.2) is 4.79 Å². The molecule has 1 rings (SSSR count). The Morgan fingerprint density at radius 3 is 2.38 bits per heavy atom. The van der Waals surface area contributed by atoms with Crippen molar-refractivity contribution >= 4 is 12.1 Å². The summed E-state index contributed by atoms with van der Waals surface area (Å²) in [7, 11) is 3.49. The molecule has 0 atom stereocenters. The number of hydrogen-bond acceptors (Lipinski definition) is 4. The molecular formula is C15H22N2O4. The molecule has 0 unspecified atom stereocenters. The monoisotopic (exact) mass is 294 g/mol. The Hall–Kier alpha value is -2.08. The minimum atomic E-state index is -0.822. The zero-order valence-corrected chi connectivity index (χ0v) is 12.5. The predicted octanol–water partition coefficient (Wildman–Crippen LogP) is 1.66. The molecule has 1 aromatic rings. The summed E-state index contributed by atoms with van der Waals surface area (Å²) in [5, 5.41) is 8.60. The number of ether oxygens (including phenoxy) is 1. The van der Waals surface area contributed by atoms with E-state index in [1.54, 1.807) is 7.05 Å². The number of rotatable bonds is 8. The van der Waals surface area contributed by atoms with E-state index < -0.39 is 5.97 Å². The average Bonchev–Trinajstić information content (AvgIpc) is 2.49. The van der Waals surface area contributed by atoms with Gasteiger partial charge in [0.25, 0.3) is 0 Å². The van der Waals surface area contributed by atoms with Crippen LogP contribution in [0.3, 0.4) is 0 Å². The van der Waals surface area contributed by atoms with Crippen LogP contribution in [0.4, 0.5) is 4.79 Å². The number of benzene rings is 1. The minimum Gasteiger partial charge on any atom is -0.481 e. The highest BCUT2D eigenvalue weighted by atomic mass is 16.6. The minimum absolute atomic E-state index is 0.0959. The van der Waals surface area contributed by atoms with Crippen molar-refractivity contribution in [2.75, 3.05) is 33.7 Å². The number of hydrogen-bond donors (Lipinski definition) is 1. The van der Waals surface area contributed by atoms with Crippen LogP contribution in [0.25, 0.3) is 0 Å². The van der Waals surface area contributed by atoms with E-state index in [9.17, 15) is 9.59 Å². The molecular weight excluding hydrogens is 272 g/mol. The van der Waals surface area contributed by atoms with Crippen molar-refractivity contribution < 1.29 is 19.4 Å². The summed E-state index contributed by atoms with van der Waals surface area (Å²) in [5.41, 5.74) is 0.942.